The molecule has 0 aliphatic carbocycles. The molecule has 0 aromatic heterocycles. The van der Waals surface area contributed by atoms with Crippen LogP contribution in [0.5, 0.6) is 5.75 Å². The number of ketones is 1. The van der Waals surface area contributed by atoms with Crippen molar-refractivity contribution in [1.29, 1.82) is 0 Å². The van der Waals surface area contributed by atoms with Gasteiger partial charge in [-0.25, -0.2) is 4.79 Å². The number of nitrogens with one attached hydrogen (secondary N) is 1. The Morgan fingerprint density at radius 2 is 1.77 bits per heavy atom. The van der Waals surface area contributed by atoms with Crippen LogP contribution in [0.4, 0.5) is 5.69 Å². The van der Waals surface area contributed by atoms with Crippen LogP contribution >= 0.6 is 0 Å². The third-order valence-corrected chi connectivity index (χ3v) is 3.83. The van der Waals surface area contributed by atoms with E-state index in [1.807, 2.05) is 6.92 Å². The van der Waals surface area contributed by atoms with Crippen LogP contribution < -0.4 is 10.1 Å². The predicted octanol–water partition coefficient (Wildman–Crippen LogP) is 3.39. The third-order valence-electron chi connectivity index (χ3n) is 3.83. The van der Waals surface area contributed by atoms with Crippen molar-refractivity contribution in [3.05, 3.63) is 59.2 Å². The number of carbonyl (C=O) groups excluding carboxylic acids is 3. The number of ether oxygens (including phenoxy) is 2. The number of benzene rings is 2. The van der Waals surface area contributed by atoms with E-state index in [2.05, 4.69) is 5.32 Å². The van der Waals surface area contributed by atoms with Crippen molar-refractivity contribution < 1.29 is 23.9 Å². The quantitative estimate of drug-likeness (QED) is 0.634. The third kappa shape index (κ3) is 4.69. The summed E-state index contributed by atoms with van der Waals surface area (Å²) in [6.45, 7) is 4.79. The van der Waals surface area contributed by atoms with Gasteiger partial charge in [0, 0.05) is 11.3 Å². The minimum atomic E-state index is -1.00. The van der Waals surface area contributed by atoms with Gasteiger partial charge >= 0.3 is 5.97 Å². The molecule has 0 fully saturated rings. The first kappa shape index (κ1) is 19.2. The number of rotatable bonds is 6. The molecule has 0 saturated carbocycles. The maximum atomic E-state index is 12.2. The summed E-state index contributed by atoms with van der Waals surface area (Å²) in [4.78, 5) is 35.9. The van der Waals surface area contributed by atoms with Crippen LogP contribution in [-0.4, -0.2) is 30.9 Å². The molecule has 0 radical (unpaired) electrons. The van der Waals surface area contributed by atoms with Crippen LogP contribution in [-0.2, 0) is 9.53 Å². The zero-order chi connectivity index (χ0) is 19.3. The van der Waals surface area contributed by atoms with Crippen molar-refractivity contribution in [2.75, 3.05) is 12.4 Å². The maximum Gasteiger partial charge on any atom is 0.339 e. The van der Waals surface area contributed by atoms with E-state index in [9.17, 15) is 14.4 Å². The van der Waals surface area contributed by atoms with E-state index in [4.69, 9.17) is 9.47 Å². The standard InChI is InChI=1S/C20H21NO5/c1-12-8-9-16(11-18(12)25-4)20(24)26-14(3)19(23)21-17-7-5-6-15(10-17)13(2)22/h5-11,14H,1-4H3,(H,21,23)/t14-/m1/s1. The molecule has 0 bridgehead atoms. The lowest BCUT2D eigenvalue weighted by Gasteiger charge is -2.14. The number of anilines is 1. The highest BCUT2D eigenvalue weighted by Gasteiger charge is 2.20. The smallest absolute Gasteiger partial charge is 0.339 e. The fraction of sp³-hybridized carbons (Fsp3) is 0.250. The predicted molar refractivity (Wildman–Crippen MR) is 97.7 cm³/mol. The van der Waals surface area contributed by atoms with Crippen LogP contribution in [0.15, 0.2) is 42.5 Å². The highest BCUT2D eigenvalue weighted by Crippen LogP contribution is 2.20. The molecule has 2 aromatic carbocycles. The fourth-order valence-electron chi connectivity index (χ4n) is 2.29. The van der Waals surface area contributed by atoms with E-state index < -0.39 is 18.0 Å². The number of aryl methyl sites for hydroxylation is 1. The SMILES string of the molecule is COc1cc(C(=O)O[C@H](C)C(=O)Nc2cccc(C(C)=O)c2)ccc1C. The number of amides is 1. The first-order chi connectivity index (χ1) is 12.3. The molecule has 0 aliphatic rings. The average molecular weight is 355 g/mol. The number of methoxy groups -OCH3 is 1. The molecule has 1 N–H and O–H groups in total. The number of Topliss-reactive ketones (excluding diaryl/α,β-unsaturated/α-hetero) is 1. The minimum Gasteiger partial charge on any atom is -0.496 e. The Labute approximate surface area is 152 Å². The molecule has 0 heterocycles. The molecule has 2 rings (SSSR count). The molecular weight excluding hydrogens is 334 g/mol. The highest BCUT2D eigenvalue weighted by atomic mass is 16.5. The summed E-state index contributed by atoms with van der Waals surface area (Å²) in [5.74, 6) is -0.645. The number of hydrogen-bond acceptors (Lipinski definition) is 5. The Bertz CT molecular complexity index is 844. The zero-order valence-corrected chi connectivity index (χ0v) is 15.2. The van der Waals surface area contributed by atoms with Gasteiger partial charge in [0.1, 0.15) is 5.75 Å². The van der Waals surface area contributed by atoms with Gasteiger partial charge in [0.15, 0.2) is 11.9 Å². The van der Waals surface area contributed by atoms with Crippen LogP contribution in [0.1, 0.15) is 40.1 Å². The van der Waals surface area contributed by atoms with Crippen molar-refractivity contribution in [1.82, 2.24) is 0 Å². The van der Waals surface area contributed by atoms with E-state index >= 15 is 0 Å². The molecule has 1 amide bonds. The van der Waals surface area contributed by atoms with Gasteiger partial charge in [-0.15, -0.1) is 0 Å². The topological polar surface area (TPSA) is 81.7 Å². The second kappa shape index (κ2) is 8.29. The summed E-state index contributed by atoms with van der Waals surface area (Å²) >= 11 is 0. The van der Waals surface area contributed by atoms with Gasteiger partial charge in [-0.3, -0.25) is 9.59 Å². The number of esters is 1. The molecule has 0 spiro atoms. The molecule has 26 heavy (non-hydrogen) atoms. The van der Waals surface area contributed by atoms with Gasteiger partial charge in [0.25, 0.3) is 5.91 Å². The van der Waals surface area contributed by atoms with Crippen molar-refractivity contribution in [2.24, 2.45) is 0 Å². The van der Waals surface area contributed by atoms with Crippen LogP contribution in [0, 0.1) is 6.92 Å². The van der Waals surface area contributed by atoms with Crippen molar-refractivity contribution in [3.8, 4) is 5.75 Å². The summed E-state index contributed by atoms with van der Waals surface area (Å²) < 4.78 is 10.4. The van der Waals surface area contributed by atoms with Crippen LogP contribution in [0.3, 0.4) is 0 Å². The maximum absolute atomic E-state index is 12.2. The lowest BCUT2D eigenvalue weighted by atomic mass is 10.1. The van der Waals surface area contributed by atoms with E-state index in [0.717, 1.165) is 5.56 Å². The summed E-state index contributed by atoms with van der Waals surface area (Å²) in [5.41, 5.74) is 2.13. The van der Waals surface area contributed by atoms with Gasteiger partial charge in [0.05, 0.1) is 12.7 Å². The van der Waals surface area contributed by atoms with E-state index in [-0.39, 0.29) is 5.78 Å². The molecular formula is C20H21NO5. The number of hydrogen-bond donors (Lipinski definition) is 1. The van der Waals surface area contributed by atoms with Crippen molar-refractivity contribution in [3.63, 3.8) is 0 Å². The number of carbonyl (C=O) groups is 3. The zero-order valence-electron chi connectivity index (χ0n) is 15.2. The first-order valence-electron chi connectivity index (χ1n) is 8.09. The van der Waals surface area contributed by atoms with Crippen molar-refractivity contribution in [2.45, 2.75) is 26.9 Å². The van der Waals surface area contributed by atoms with Gasteiger partial charge in [-0.1, -0.05) is 18.2 Å². The molecule has 1 atom stereocenters. The molecule has 6 heteroatoms. The summed E-state index contributed by atoms with van der Waals surface area (Å²) in [6, 6.07) is 11.5. The van der Waals surface area contributed by atoms with Crippen LogP contribution in [0.2, 0.25) is 0 Å². The lowest BCUT2D eigenvalue weighted by Crippen LogP contribution is -2.30. The molecule has 0 unspecified atom stereocenters. The molecule has 6 nitrogen and oxygen atoms in total. The Morgan fingerprint density at radius 1 is 1.04 bits per heavy atom. The molecule has 0 saturated heterocycles. The average Bonchev–Trinajstić information content (AvgIpc) is 2.62. The molecule has 0 aliphatic heterocycles. The summed E-state index contributed by atoms with van der Waals surface area (Å²) in [6.07, 6.45) is -1.00. The van der Waals surface area contributed by atoms with E-state index in [1.165, 1.54) is 21.0 Å². The monoisotopic (exact) mass is 355 g/mol. The summed E-state index contributed by atoms with van der Waals surface area (Å²) in [7, 11) is 1.52. The second-order valence-corrected chi connectivity index (χ2v) is 5.86. The molecule has 2 aromatic rings. The Morgan fingerprint density at radius 3 is 2.42 bits per heavy atom. The second-order valence-electron chi connectivity index (χ2n) is 5.86. The highest BCUT2D eigenvalue weighted by molar-refractivity contribution is 5.99. The summed E-state index contributed by atoms with van der Waals surface area (Å²) in [5, 5.41) is 2.63. The fourth-order valence-corrected chi connectivity index (χ4v) is 2.29. The van der Waals surface area contributed by atoms with E-state index in [1.54, 1.807) is 42.5 Å². The lowest BCUT2D eigenvalue weighted by molar-refractivity contribution is -0.123. The van der Waals surface area contributed by atoms with Gasteiger partial charge in [-0.05, 0) is 50.6 Å². The van der Waals surface area contributed by atoms with Crippen LogP contribution in [0.25, 0.3) is 0 Å². The Kier molecular flexibility index (Phi) is 6.11. The molecule has 136 valence electrons. The van der Waals surface area contributed by atoms with Gasteiger partial charge in [0.2, 0.25) is 0 Å². The Balaban J connectivity index is 2.03. The normalized spacial score (nSPS) is 11.4. The van der Waals surface area contributed by atoms with E-state index in [0.29, 0.717) is 22.6 Å². The Hall–Kier alpha value is -3.15. The largest absolute Gasteiger partial charge is 0.496 e. The van der Waals surface area contributed by atoms with Gasteiger partial charge < -0.3 is 14.8 Å². The minimum absolute atomic E-state index is 0.103. The van der Waals surface area contributed by atoms with Gasteiger partial charge in [-0.2, -0.15) is 0 Å². The first-order valence-corrected chi connectivity index (χ1v) is 8.09. The van der Waals surface area contributed by atoms with Crippen molar-refractivity contribution >= 4 is 23.3 Å².